The third kappa shape index (κ3) is 3.79. The highest BCUT2D eigenvalue weighted by Crippen LogP contribution is 2.17. The Morgan fingerprint density at radius 2 is 2.00 bits per heavy atom. The van der Waals surface area contributed by atoms with Gasteiger partial charge < -0.3 is 0 Å². The minimum Gasteiger partial charge on any atom is -0.278 e. The maximum absolute atomic E-state index is 10.6. The Hall–Kier alpha value is -2.40. The van der Waals surface area contributed by atoms with Gasteiger partial charge in [-0.05, 0) is 23.8 Å². The summed E-state index contributed by atoms with van der Waals surface area (Å²) in [5, 5.41) is 15.2. The standard InChI is InChI=1S/C13H10ClN3O2/c14-11-4-1-3-10(7-11)9-15-16-12-5-2-6-13(8-12)17(18)19/h1-9,16H. The number of non-ortho nitro benzene ring substituents is 1. The normalized spacial score (nSPS) is 10.6. The second-order valence-electron chi connectivity index (χ2n) is 3.73. The number of nitrogens with zero attached hydrogens (tertiary/aromatic N) is 2. The van der Waals surface area contributed by atoms with Gasteiger partial charge in [0.05, 0.1) is 16.8 Å². The summed E-state index contributed by atoms with van der Waals surface area (Å²) in [7, 11) is 0. The lowest BCUT2D eigenvalue weighted by Gasteiger charge is -1.99. The first kappa shape index (κ1) is 13.0. The number of halogens is 1. The highest BCUT2D eigenvalue weighted by Gasteiger charge is 2.04. The van der Waals surface area contributed by atoms with E-state index in [0.717, 1.165) is 5.56 Å². The Balaban J connectivity index is 2.06. The Morgan fingerprint density at radius 3 is 2.74 bits per heavy atom. The summed E-state index contributed by atoms with van der Waals surface area (Å²) in [6.45, 7) is 0. The lowest BCUT2D eigenvalue weighted by Crippen LogP contribution is -1.93. The van der Waals surface area contributed by atoms with E-state index in [9.17, 15) is 10.1 Å². The largest absolute Gasteiger partial charge is 0.278 e. The van der Waals surface area contributed by atoms with E-state index < -0.39 is 4.92 Å². The SMILES string of the molecule is O=[N+]([O-])c1cccc(NN=Cc2cccc(Cl)c2)c1. The molecule has 5 nitrogen and oxygen atoms in total. The van der Waals surface area contributed by atoms with E-state index in [4.69, 9.17) is 11.6 Å². The molecule has 0 aliphatic heterocycles. The van der Waals surface area contributed by atoms with Crippen LogP contribution in [0.3, 0.4) is 0 Å². The monoisotopic (exact) mass is 275 g/mol. The third-order valence-corrected chi connectivity index (χ3v) is 2.55. The van der Waals surface area contributed by atoms with E-state index in [1.807, 2.05) is 12.1 Å². The molecule has 0 unspecified atom stereocenters. The van der Waals surface area contributed by atoms with Crippen molar-refractivity contribution in [3.05, 3.63) is 69.2 Å². The van der Waals surface area contributed by atoms with Gasteiger partial charge >= 0.3 is 0 Å². The van der Waals surface area contributed by atoms with Crippen LogP contribution in [0, 0.1) is 10.1 Å². The fourth-order valence-corrected chi connectivity index (χ4v) is 1.66. The van der Waals surface area contributed by atoms with Crippen LogP contribution in [0.15, 0.2) is 53.6 Å². The van der Waals surface area contributed by atoms with Gasteiger partial charge in [0, 0.05) is 17.2 Å². The predicted molar refractivity (Wildman–Crippen MR) is 75.8 cm³/mol. The van der Waals surface area contributed by atoms with E-state index in [0.29, 0.717) is 10.7 Å². The van der Waals surface area contributed by atoms with Crippen LogP contribution in [-0.2, 0) is 0 Å². The highest BCUT2D eigenvalue weighted by molar-refractivity contribution is 6.30. The van der Waals surface area contributed by atoms with Crippen molar-refractivity contribution in [2.75, 3.05) is 5.43 Å². The molecule has 0 saturated heterocycles. The second-order valence-corrected chi connectivity index (χ2v) is 4.17. The van der Waals surface area contributed by atoms with Crippen molar-refractivity contribution in [1.29, 1.82) is 0 Å². The molecule has 19 heavy (non-hydrogen) atoms. The number of benzene rings is 2. The summed E-state index contributed by atoms with van der Waals surface area (Å²) in [4.78, 5) is 10.2. The summed E-state index contributed by atoms with van der Waals surface area (Å²) in [5.74, 6) is 0. The zero-order valence-corrected chi connectivity index (χ0v) is 10.5. The number of nitro benzene ring substituents is 1. The van der Waals surface area contributed by atoms with Gasteiger partial charge in [0.2, 0.25) is 0 Å². The summed E-state index contributed by atoms with van der Waals surface area (Å²) >= 11 is 5.84. The van der Waals surface area contributed by atoms with Crippen molar-refractivity contribution >= 4 is 29.2 Å². The molecular weight excluding hydrogens is 266 g/mol. The smallest absolute Gasteiger partial charge is 0.271 e. The lowest BCUT2D eigenvalue weighted by molar-refractivity contribution is -0.384. The molecule has 0 aliphatic rings. The number of hydrazone groups is 1. The minimum absolute atomic E-state index is 0.0166. The Labute approximate surface area is 114 Å². The fraction of sp³-hybridized carbons (Fsp3) is 0. The fourth-order valence-electron chi connectivity index (χ4n) is 1.46. The van der Waals surface area contributed by atoms with E-state index in [2.05, 4.69) is 10.5 Å². The molecule has 0 saturated carbocycles. The van der Waals surface area contributed by atoms with Gasteiger partial charge in [-0.2, -0.15) is 5.10 Å². The number of anilines is 1. The average molecular weight is 276 g/mol. The third-order valence-electron chi connectivity index (χ3n) is 2.31. The first-order chi connectivity index (χ1) is 9.15. The number of hydrogen-bond acceptors (Lipinski definition) is 4. The van der Waals surface area contributed by atoms with Crippen LogP contribution in [-0.4, -0.2) is 11.1 Å². The van der Waals surface area contributed by atoms with Gasteiger partial charge in [0.1, 0.15) is 0 Å². The molecule has 1 N–H and O–H groups in total. The van der Waals surface area contributed by atoms with Gasteiger partial charge in [0.25, 0.3) is 5.69 Å². The van der Waals surface area contributed by atoms with Crippen molar-refractivity contribution in [1.82, 2.24) is 0 Å². The summed E-state index contributed by atoms with van der Waals surface area (Å²) in [6.07, 6.45) is 1.59. The molecular formula is C13H10ClN3O2. The quantitative estimate of drug-likeness (QED) is 0.525. The van der Waals surface area contributed by atoms with Gasteiger partial charge in [-0.15, -0.1) is 0 Å². The van der Waals surface area contributed by atoms with Crippen LogP contribution in [0.5, 0.6) is 0 Å². The first-order valence-electron chi connectivity index (χ1n) is 5.44. The molecule has 0 aromatic heterocycles. The maximum Gasteiger partial charge on any atom is 0.271 e. The Kier molecular flexibility index (Phi) is 4.10. The molecule has 2 aromatic carbocycles. The molecule has 0 atom stereocenters. The lowest BCUT2D eigenvalue weighted by atomic mass is 10.2. The highest BCUT2D eigenvalue weighted by atomic mass is 35.5. The second kappa shape index (κ2) is 5.97. The molecule has 0 spiro atoms. The summed E-state index contributed by atoms with van der Waals surface area (Å²) < 4.78 is 0. The predicted octanol–water partition coefficient (Wildman–Crippen LogP) is 3.69. The minimum atomic E-state index is -0.453. The summed E-state index contributed by atoms with van der Waals surface area (Å²) in [5.41, 5.74) is 4.13. The number of nitrogens with one attached hydrogen (secondary N) is 1. The van der Waals surface area contributed by atoms with Gasteiger partial charge in [-0.25, -0.2) is 0 Å². The molecule has 6 heteroatoms. The Morgan fingerprint density at radius 1 is 1.21 bits per heavy atom. The average Bonchev–Trinajstić information content (AvgIpc) is 2.39. The van der Waals surface area contributed by atoms with E-state index in [-0.39, 0.29) is 5.69 Å². The van der Waals surface area contributed by atoms with E-state index in [1.165, 1.54) is 12.1 Å². The molecule has 0 bridgehead atoms. The maximum atomic E-state index is 10.6. The van der Waals surface area contributed by atoms with Crippen LogP contribution in [0.1, 0.15) is 5.56 Å². The van der Waals surface area contributed by atoms with Crippen LogP contribution in [0.25, 0.3) is 0 Å². The van der Waals surface area contributed by atoms with Crippen LogP contribution in [0.4, 0.5) is 11.4 Å². The first-order valence-corrected chi connectivity index (χ1v) is 5.82. The Bertz CT molecular complexity index is 629. The number of rotatable bonds is 4. The molecule has 0 aliphatic carbocycles. The molecule has 2 aromatic rings. The van der Waals surface area contributed by atoms with Crippen LogP contribution in [0.2, 0.25) is 5.02 Å². The van der Waals surface area contributed by atoms with E-state index >= 15 is 0 Å². The van der Waals surface area contributed by atoms with Gasteiger partial charge in [0.15, 0.2) is 0 Å². The zero-order chi connectivity index (χ0) is 13.7. The van der Waals surface area contributed by atoms with E-state index in [1.54, 1.807) is 30.5 Å². The number of nitro groups is 1. The van der Waals surface area contributed by atoms with Crippen molar-refractivity contribution < 1.29 is 4.92 Å². The summed E-state index contributed by atoms with van der Waals surface area (Å²) in [6, 6.07) is 13.3. The van der Waals surface area contributed by atoms with Gasteiger partial charge in [-0.1, -0.05) is 29.8 Å². The van der Waals surface area contributed by atoms with Crippen LogP contribution >= 0.6 is 11.6 Å². The molecule has 0 radical (unpaired) electrons. The molecule has 0 amide bonds. The van der Waals surface area contributed by atoms with Crippen molar-refractivity contribution in [2.24, 2.45) is 5.10 Å². The van der Waals surface area contributed by atoms with Gasteiger partial charge in [-0.3, -0.25) is 15.5 Å². The molecule has 0 fully saturated rings. The van der Waals surface area contributed by atoms with Crippen molar-refractivity contribution in [3.8, 4) is 0 Å². The van der Waals surface area contributed by atoms with Crippen molar-refractivity contribution in [3.63, 3.8) is 0 Å². The topological polar surface area (TPSA) is 67.5 Å². The molecule has 2 rings (SSSR count). The molecule has 96 valence electrons. The number of hydrogen-bond donors (Lipinski definition) is 1. The molecule has 0 heterocycles. The van der Waals surface area contributed by atoms with Crippen molar-refractivity contribution in [2.45, 2.75) is 0 Å². The van der Waals surface area contributed by atoms with Crippen LogP contribution < -0.4 is 5.43 Å². The zero-order valence-electron chi connectivity index (χ0n) is 9.79.